The van der Waals surface area contributed by atoms with Crippen LogP contribution < -0.4 is 9.47 Å². The molecule has 26 heavy (non-hydrogen) atoms. The van der Waals surface area contributed by atoms with E-state index in [0.29, 0.717) is 22.3 Å². The summed E-state index contributed by atoms with van der Waals surface area (Å²) in [4.78, 5) is 27.1. The number of ether oxygens (including phenoxy) is 2. The Morgan fingerprint density at radius 3 is 1.50 bits per heavy atom. The van der Waals surface area contributed by atoms with Crippen molar-refractivity contribution in [3.8, 4) is 11.8 Å². The van der Waals surface area contributed by atoms with Gasteiger partial charge in [0.15, 0.2) is 0 Å². The Morgan fingerprint density at radius 2 is 1.08 bits per heavy atom. The van der Waals surface area contributed by atoms with Crippen molar-refractivity contribution in [1.29, 1.82) is 0 Å². The number of rotatable bonds is 2. The van der Waals surface area contributed by atoms with Gasteiger partial charge in [-0.05, 0) is 24.3 Å². The van der Waals surface area contributed by atoms with Gasteiger partial charge in [0.25, 0.3) is 11.8 Å². The lowest BCUT2D eigenvalue weighted by atomic mass is 10.1. The van der Waals surface area contributed by atoms with E-state index in [2.05, 4.69) is 19.9 Å². The number of hydrogen-bond donors (Lipinski definition) is 0. The topological polar surface area (TPSA) is 95.8 Å². The second-order valence-electron chi connectivity index (χ2n) is 5.61. The first kappa shape index (κ1) is 14.6. The minimum atomic E-state index is 0.263. The molecule has 0 unspecified atom stereocenters. The average Bonchev–Trinajstić information content (AvgIpc) is 2.71. The zero-order valence-corrected chi connectivity index (χ0v) is 14.0. The summed E-state index contributed by atoms with van der Waals surface area (Å²) in [7, 11) is 3.01. The highest BCUT2D eigenvalue weighted by molar-refractivity contribution is 6.21. The van der Waals surface area contributed by atoms with E-state index in [4.69, 9.17) is 19.4 Å². The Labute approximate surface area is 146 Å². The van der Waals surface area contributed by atoms with E-state index in [0.717, 1.165) is 21.8 Å². The fourth-order valence-electron chi connectivity index (χ4n) is 3.07. The van der Waals surface area contributed by atoms with E-state index in [1.165, 1.54) is 14.2 Å². The van der Waals surface area contributed by atoms with Crippen LogP contribution in [0.25, 0.3) is 44.1 Å². The first-order valence-electron chi connectivity index (χ1n) is 7.89. The van der Waals surface area contributed by atoms with Gasteiger partial charge in [0.1, 0.15) is 11.0 Å². The number of benzene rings is 1. The van der Waals surface area contributed by atoms with E-state index in [1.807, 2.05) is 24.3 Å². The molecule has 0 bridgehead atoms. The van der Waals surface area contributed by atoms with Crippen LogP contribution in [0.4, 0.5) is 0 Å². The van der Waals surface area contributed by atoms with Crippen LogP contribution >= 0.6 is 0 Å². The number of methoxy groups -OCH3 is 2. The fourth-order valence-corrected chi connectivity index (χ4v) is 3.07. The summed E-state index contributed by atoms with van der Waals surface area (Å²) >= 11 is 0. The Morgan fingerprint density at radius 1 is 0.615 bits per heavy atom. The van der Waals surface area contributed by atoms with Gasteiger partial charge in [0, 0.05) is 23.2 Å². The van der Waals surface area contributed by atoms with Gasteiger partial charge in [-0.25, -0.2) is 9.97 Å². The molecule has 126 valence electrons. The summed E-state index contributed by atoms with van der Waals surface area (Å²) in [6.07, 6.45) is 3.48. The predicted molar refractivity (Wildman–Crippen MR) is 96.3 cm³/mol. The van der Waals surface area contributed by atoms with Crippen molar-refractivity contribution in [2.45, 2.75) is 0 Å². The van der Waals surface area contributed by atoms with Crippen LogP contribution in [0.2, 0.25) is 0 Å². The first-order chi connectivity index (χ1) is 12.8. The molecule has 0 atom stereocenters. The van der Waals surface area contributed by atoms with E-state index in [9.17, 15) is 0 Å². The van der Waals surface area contributed by atoms with Gasteiger partial charge in [-0.15, -0.1) is 0 Å². The highest BCUT2D eigenvalue weighted by Gasteiger charge is 2.17. The van der Waals surface area contributed by atoms with Crippen molar-refractivity contribution in [1.82, 2.24) is 29.9 Å². The van der Waals surface area contributed by atoms with E-state index >= 15 is 0 Å². The molecule has 0 aliphatic carbocycles. The maximum absolute atomic E-state index is 5.23. The summed E-state index contributed by atoms with van der Waals surface area (Å²) in [5.41, 5.74) is 3.70. The highest BCUT2D eigenvalue weighted by Crippen LogP contribution is 2.32. The lowest BCUT2D eigenvalue weighted by Crippen LogP contribution is -2.01. The van der Waals surface area contributed by atoms with Gasteiger partial charge >= 0.3 is 0 Å². The monoisotopic (exact) mass is 344 g/mol. The number of aromatic nitrogens is 6. The minimum absolute atomic E-state index is 0.263. The third kappa shape index (κ3) is 1.95. The molecule has 0 amide bonds. The maximum Gasteiger partial charge on any atom is 0.280 e. The molecule has 8 heteroatoms. The van der Waals surface area contributed by atoms with Crippen molar-refractivity contribution in [3.63, 3.8) is 0 Å². The molecule has 0 N–H and O–H groups in total. The fraction of sp³-hybridized carbons (Fsp3) is 0.111. The van der Waals surface area contributed by atoms with Crippen molar-refractivity contribution in [2.75, 3.05) is 14.2 Å². The molecule has 5 rings (SSSR count). The summed E-state index contributed by atoms with van der Waals surface area (Å²) in [5.74, 6) is 0.525. The molecule has 4 aromatic heterocycles. The minimum Gasteiger partial charge on any atom is -0.477 e. The SMILES string of the molecule is COc1nc2nc3c4cccnc4c4ncccc4c3nc2nc1OC. The zero-order valence-electron chi connectivity index (χ0n) is 14.0. The van der Waals surface area contributed by atoms with Crippen molar-refractivity contribution in [3.05, 3.63) is 36.7 Å². The Bertz CT molecular complexity index is 1220. The van der Waals surface area contributed by atoms with E-state index in [1.54, 1.807) is 12.4 Å². The number of nitrogens with zero attached hydrogens (tertiary/aromatic N) is 6. The Kier molecular flexibility index (Phi) is 3.05. The normalized spacial score (nSPS) is 11.5. The lowest BCUT2D eigenvalue weighted by molar-refractivity contribution is 0.333. The summed E-state index contributed by atoms with van der Waals surface area (Å²) < 4.78 is 10.5. The molecule has 0 saturated heterocycles. The molecule has 1 aromatic carbocycles. The molecule has 0 aliphatic rings. The van der Waals surface area contributed by atoms with Gasteiger partial charge in [-0.1, -0.05) is 0 Å². The Balaban J connectivity index is 2.03. The smallest absolute Gasteiger partial charge is 0.280 e. The second-order valence-corrected chi connectivity index (χ2v) is 5.61. The predicted octanol–water partition coefficient (Wildman–Crippen LogP) is 2.69. The largest absolute Gasteiger partial charge is 0.477 e. The molecule has 0 spiro atoms. The third-order valence-electron chi connectivity index (χ3n) is 4.19. The molecule has 0 saturated carbocycles. The van der Waals surface area contributed by atoms with Gasteiger partial charge < -0.3 is 9.47 Å². The van der Waals surface area contributed by atoms with Crippen molar-refractivity contribution in [2.24, 2.45) is 0 Å². The van der Waals surface area contributed by atoms with Crippen LogP contribution in [0, 0.1) is 0 Å². The average molecular weight is 344 g/mol. The highest BCUT2D eigenvalue weighted by atomic mass is 16.5. The number of pyridine rings is 2. The molecule has 5 aromatic rings. The molecule has 0 aliphatic heterocycles. The van der Waals surface area contributed by atoms with Gasteiger partial charge in [-0.3, -0.25) is 9.97 Å². The van der Waals surface area contributed by atoms with Gasteiger partial charge in [0.2, 0.25) is 11.3 Å². The molecular formula is C18H12N6O2. The Hall–Kier alpha value is -3.68. The van der Waals surface area contributed by atoms with Gasteiger partial charge in [-0.2, -0.15) is 9.97 Å². The quantitative estimate of drug-likeness (QED) is 0.356. The van der Waals surface area contributed by atoms with Crippen LogP contribution in [0.5, 0.6) is 11.8 Å². The molecule has 0 fully saturated rings. The van der Waals surface area contributed by atoms with E-state index in [-0.39, 0.29) is 11.8 Å². The summed E-state index contributed by atoms with van der Waals surface area (Å²) in [6.45, 7) is 0. The van der Waals surface area contributed by atoms with Crippen molar-refractivity contribution >= 4 is 44.1 Å². The lowest BCUT2D eigenvalue weighted by Gasteiger charge is -2.09. The number of fused-ring (bicyclic) bond motifs is 7. The van der Waals surface area contributed by atoms with E-state index < -0.39 is 0 Å². The maximum atomic E-state index is 5.23. The van der Waals surface area contributed by atoms with Crippen LogP contribution in [-0.2, 0) is 0 Å². The molecular weight excluding hydrogens is 332 g/mol. The van der Waals surface area contributed by atoms with Crippen LogP contribution in [0.3, 0.4) is 0 Å². The first-order valence-corrected chi connectivity index (χ1v) is 7.89. The standard InChI is InChI=1S/C18H12N6O2/c1-25-17-18(26-2)24-16-15(23-17)21-13-9-5-3-7-19-11(9)12-10(14(13)22-16)6-4-8-20-12/h3-8H,1-2H3. The second kappa shape index (κ2) is 5.41. The van der Waals surface area contributed by atoms with Crippen LogP contribution in [0.1, 0.15) is 0 Å². The molecule has 4 heterocycles. The third-order valence-corrected chi connectivity index (χ3v) is 4.19. The van der Waals surface area contributed by atoms with Crippen molar-refractivity contribution < 1.29 is 9.47 Å². The summed E-state index contributed by atoms with van der Waals surface area (Å²) in [6, 6.07) is 7.63. The van der Waals surface area contributed by atoms with Crippen LogP contribution in [-0.4, -0.2) is 44.1 Å². The van der Waals surface area contributed by atoms with Gasteiger partial charge in [0.05, 0.1) is 25.3 Å². The molecule has 8 nitrogen and oxygen atoms in total. The number of hydrogen-bond acceptors (Lipinski definition) is 8. The summed E-state index contributed by atoms with van der Waals surface area (Å²) in [5, 5.41) is 1.72. The zero-order chi connectivity index (χ0) is 17.7. The van der Waals surface area contributed by atoms with Crippen LogP contribution in [0.15, 0.2) is 36.7 Å². The molecule has 0 radical (unpaired) electrons.